The molecule has 0 unspecified atom stereocenters. The first-order chi connectivity index (χ1) is 17.4. The van der Waals surface area contributed by atoms with Crippen LogP contribution in [0, 0.1) is 23.5 Å². The van der Waals surface area contributed by atoms with Crippen molar-refractivity contribution in [1.29, 1.82) is 0 Å². The second-order valence-corrected chi connectivity index (χ2v) is 8.53. The molecule has 0 spiro atoms. The van der Waals surface area contributed by atoms with Crippen LogP contribution in [0.1, 0.15) is 40.4 Å². The van der Waals surface area contributed by atoms with Gasteiger partial charge in [-0.3, -0.25) is 9.48 Å². The lowest BCUT2D eigenvalue weighted by molar-refractivity contribution is 0.0763. The van der Waals surface area contributed by atoms with Crippen LogP contribution >= 0.6 is 0 Å². The molecule has 0 saturated heterocycles. The Balaban J connectivity index is 1.40. The van der Waals surface area contributed by atoms with Gasteiger partial charge in [0.1, 0.15) is 11.6 Å². The van der Waals surface area contributed by atoms with E-state index in [2.05, 4.69) is 16.9 Å². The van der Waals surface area contributed by atoms with E-state index in [1.165, 1.54) is 12.1 Å². The molecule has 4 aromatic rings. The van der Waals surface area contributed by atoms with E-state index in [9.17, 15) is 13.6 Å². The van der Waals surface area contributed by atoms with E-state index in [0.717, 1.165) is 11.1 Å². The van der Waals surface area contributed by atoms with E-state index in [1.807, 2.05) is 25.3 Å². The van der Waals surface area contributed by atoms with Crippen LogP contribution < -0.4 is 4.74 Å². The predicted octanol–water partition coefficient (Wildman–Crippen LogP) is 6.08. The number of carbonyl (C=O) groups is 1. The summed E-state index contributed by atoms with van der Waals surface area (Å²) < 4.78 is 37.2. The van der Waals surface area contributed by atoms with Gasteiger partial charge in [0, 0.05) is 43.9 Å². The molecule has 5 rings (SSSR count). The van der Waals surface area contributed by atoms with Gasteiger partial charge in [-0.05, 0) is 35.4 Å². The fraction of sp³-hybridized carbons (Fsp3) is 0.172. The number of nitrogens with zero attached hydrogens (tertiary/aromatic N) is 3. The average Bonchev–Trinajstić information content (AvgIpc) is 3.44. The first kappa shape index (κ1) is 23.3. The molecule has 0 saturated carbocycles. The van der Waals surface area contributed by atoms with Crippen LogP contribution in [-0.4, -0.2) is 20.6 Å². The lowest BCUT2D eigenvalue weighted by atomic mass is 10.1. The monoisotopic (exact) mass is 483 g/mol. The van der Waals surface area contributed by atoms with Crippen molar-refractivity contribution in [3.8, 4) is 34.5 Å². The van der Waals surface area contributed by atoms with Gasteiger partial charge in [-0.15, -0.1) is 0 Å². The van der Waals surface area contributed by atoms with Crippen molar-refractivity contribution in [2.75, 3.05) is 0 Å². The molecule has 1 aliphatic heterocycles. The van der Waals surface area contributed by atoms with E-state index in [-0.39, 0.29) is 24.0 Å². The van der Waals surface area contributed by atoms with E-state index < -0.39 is 11.6 Å². The summed E-state index contributed by atoms with van der Waals surface area (Å²) in [6, 6.07) is 14.7. The van der Waals surface area contributed by atoms with Crippen molar-refractivity contribution in [1.82, 2.24) is 14.7 Å². The summed E-state index contributed by atoms with van der Waals surface area (Å²) in [5.74, 6) is 4.80. The maximum atomic E-state index is 15.0. The summed E-state index contributed by atoms with van der Waals surface area (Å²) in [5.41, 5.74) is 3.42. The van der Waals surface area contributed by atoms with Gasteiger partial charge < -0.3 is 9.64 Å². The number of carbonyl (C=O) groups excluding carboxylic acids is 1. The van der Waals surface area contributed by atoms with Crippen molar-refractivity contribution in [3.63, 3.8) is 0 Å². The first-order valence-electron chi connectivity index (χ1n) is 11.6. The highest BCUT2D eigenvalue weighted by atomic mass is 19.1. The van der Waals surface area contributed by atoms with Crippen molar-refractivity contribution in [3.05, 3.63) is 101 Å². The minimum atomic E-state index is -0.561. The Hall–Kier alpha value is -4.44. The third kappa shape index (κ3) is 4.46. The van der Waals surface area contributed by atoms with Gasteiger partial charge in [0.15, 0.2) is 11.6 Å². The summed E-state index contributed by atoms with van der Waals surface area (Å²) in [7, 11) is 1.80. The molecule has 36 heavy (non-hydrogen) atoms. The van der Waals surface area contributed by atoms with Crippen LogP contribution in [0.25, 0.3) is 11.1 Å². The van der Waals surface area contributed by atoms with Gasteiger partial charge in [-0.1, -0.05) is 49.1 Å². The van der Waals surface area contributed by atoms with E-state index >= 15 is 0 Å². The molecular weight excluding hydrogens is 460 g/mol. The molecule has 1 aromatic heterocycles. The minimum Gasteiger partial charge on any atom is -0.452 e. The van der Waals surface area contributed by atoms with E-state index in [0.29, 0.717) is 35.2 Å². The molecule has 0 bridgehead atoms. The Morgan fingerprint density at radius 1 is 1.06 bits per heavy atom. The molecule has 0 aliphatic carbocycles. The molecule has 3 aromatic carbocycles. The van der Waals surface area contributed by atoms with Gasteiger partial charge in [-0.25, -0.2) is 8.78 Å². The second kappa shape index (κ2) is 9.67. The van der Waals surface area contributed by atoms with Crippen LogP contribution in [0.5, 0.6) is 11.5 Å². The number of aromatic nitrogens is 2. The molecule has 5 nitrogen and oxygen atoms in total. The molecule has 7 heteroatoms. The summed E-state index contributed by atoms with van der Waals surface area (Å²) in [4.78, 5) is 14.9. The quantitative estimate of drug-likeness (QED) is 0.324. The topological polar surface area (TPSA) is 47.4 Å². The van der Waals surface area contributed by atoms with Crippen LogP contribution in [0.15, 0.2) is 67.0 Å². The van der Waals surface area contributed by atoms with Crippen LogP contribution in [0.2, 0.25) is 0 Å². The zero-order valence-corrected chi connectivity index (χ0v) is 19.9. The molecule has 0 radical (unpaired) electrons. The van der Waals surface area contributed by atoms with Gasteiger partial charge >= 0.3 is 0 Å². The number of aryl methyl sites for hydroxylation is 1. The Morgan fingerprint density at radius 2 is 1.89 bits per heavy atom. The molecule has 0 fully saturated rings. The Bertz CT molecular complexity index is 1530. The average molecular weight is 484 g/mol. The van der Waals surface area contributed by atoms with Crippen molar-refractivity contribution in [2.24, 2.45) is 7.05 Å². The molecule has 180 valence electrons. The normalized spacial score (nSPS) is 12.3. The highest BCUT2D eigenvalue weighted by Gasteiger charge is 2.32. The lowest BCUT2D eigenvalue weighted by Gasteiger charge is -2.17. The van der Waals surface area contributed by atoms with Gasteiger partial charge in [0.2, 0.25) is 0 Å². The van der Waals surface area contributed by atoms with E-state index in [4.69, 9.17) is 4.74 Å². The third-order valence-corrected chi connectivity index (χ3v) is 6.01. The first-order valence-corrected chi connectivity index (χ1v) is 11.6. The second-order valence-electron chi connectivity index (χ2n) is 8.53. The SMILES string of the molecule is CCC#Cc1cccc(F)c1Oc1cccc2c1C(=O)N(Cc1ccc(-c3cnn(C)c3)cc1F)C2. The lowest BCUT2D eigenvalue weighted by Crippen LogP contribution is -2.24. The number of amides is 1. The highest BCUT2D eigenvalue weighted by Crippen LogP contribution is 2.36. The summed E-state index contributed by atoms with van der Waals surface area (Å²) in [6.07, 6.45) is 4.10. The fourth-order valence-corrected chi connectivity index (χ4v) is 4.23. The summed E-state index contributed by atoms with van der Waals surface area (Å²) >= 11 is 0. The Morgan fingerprint density at radius 3 is 2.64 bits per heavy atom. The number of halogens is 2. The van der Waals surface area contributed by atoms with Crippen LogP contribution in [0.4, 0.5) is 8.78 Å². The largest absolute Gasteiger partial charge is 0.452 e. The number of hydrogen-bond acceptors (Lipinski definition) is 3. The standard InChI is InChI=1S/C29H23F2N3O2/c1-3-4-7-19-8-5-10-24(30)28(19)36-26-11-6-9-22-18-34(29(35)27(22)26)17-21-13-12-20(14-25(21)31)23-15-32-33(2)16-23/h5-6,8-16H,3,17-18H2,1-2H3. The molecule has 1 amide bonds. The highest BCUT2D eigenvalue weighted by molar-refractivity contribution is 6.01. The zero-order valence-electron chi connectivity index (χ0n) is 19.9. The maximum absolute atomic E-state index is 15.0. The Kier molecular flexibility index (Phi) is 6.26. The van der Waals surface area contributed by atoms with Crippen molar-refractivity contribution >= 4 is 5.91 Å². The van der Waals surface area contributed by atoms with Crippen molar-refractivity contribution < 1.29 is 18.3 Å². The van der Waals surface area contributed by atoms with Crippen LogP contribution in [0.3, 0.4) is 0 Å². The van der Waals surface area contributed by atoms with Gasteiger partial charge in [0.25, 0.3) is 5.91 Å². The summed E-state index contributed by atoms with van der Waals surface area (Å²) in [6.45, 7) is 2.30. The van der Waals surface area contributed by atoms with Gasteiger partial charge in [-0.2, -0.15) is 5.10 Å². The van der Waals surface area contributed by atoms with E-state index in [1.54, 1.807) is 53.2 Å². The van der Waals surface area contributed by atoms with Crippen LogP contribution in [-0.2, 0) is 20.1 Å². The third-order valence-electron chi connectivity index (χ3n) is 6.01. The van der Waals surface area contributed by atoms with Crippen molar-refractivity contribution in [2.45, 2.75) is 26.4 Å². The Labute approximate surface area is 207 Å². The minimum absolute atomic E-state index is 0.0184. The zero-order chi connectivity index (χ0) is 25.2. The number of benzene rings is 3. The number of hydrogen-bond donors (Lipinski definition) is 0. The summed E-state index contributed by atoms with van der Waals surface area (Å²) in [5, 5.41) is 4.12. The smallest absolute Gasteiger partial charge is 0.258 e. The molecule has 0 N–H and O–H groups in total. The number of rotatable bonds is 5. The maximum Gasteiger partial charge on any atom is 0.258 e. The molecule has 2 heterocycles. The number of para-hydroxylation sites is 1. The van der Waals surface area contributed by atoms with Gasteiger partial charge in [0.05, 0.1) is 17.3 Å². The predicted molar refractivity (Wildman–Crippen MR) is 132 cm³/mol. The number of fused-ring (bicyclic) bond motifs is 1. The molecule has 0 atom stereocenters. The number of ether oxygens (including phenoxy) is 1. The molecular formula is C29H23F2N3O2. The fourth-order valence-electron chi connectivity index (χ4n) is 4.23. The molecule has 1 aliphatic rings.